The minimum absolute atomic E-state index is 0.0802. The topological polar surface area (TPSA) is 90.0 Å². The smallest absolute Gasteiger partial charge is 0.253 e. The summed E-state index contributed by atoms with van der Waals surface area (Å²) in [5.74, 6) is 0.922. The fourth-order valence-corrected chi connectivity index (χ4v) is 2.94. The summed E-state index contributed by atoms with van der Waals surface area (Å²) in [5, 5.41) is 5.23. The molecule has 2 N–H and O–H groups in total. The maximum atomic E-state index is 6.05. The molecule has 1 unspecified atom stereocenters. The number of hydrogen-bond donors (Lipinski definition) is 1. The molecule has 0 spiro atoms. The van der Waals surface area contributed by atoms with E-state index in [2.05, 4.69) is 23.1 Å². The van der Waals surface area contributed by atoms with Crippen molar-refractivity contribution in [1.82, 2.24) is 10.1 Å². The van der Waals surface area contributed by atoms with Gasteiger partial charge in [0.2, 0.25) is 0 Å². The lowest BCUT2D eigenvalue weighted by molar-refractivity contribution is 0.0675. The van der Waals surface area contributed by atoms with Crippen LogP contribution in [0.1, 0.15) is 24.1 Å². The van der Waals surface area contributed by atoms with E-state index in [1.54, 1.807) is 6.26 Å². The minimum Gasteiger partial charge on any atom is -0.464 e. The lowest BCUT2D eigenvalue weighted by Gasteiger charge is -2.27. The maximum Gasteiger partial charge on any atom is 0.253 e. The van der Waals surface area contributed by atoms with E-state index in [0.29, 0.717) is 25.1 Å². The monoisotopic (exact) mass is 340 g/mol. The van der Waals surface area contributed by atoms with Gasteiger partial charge in [-0.05, 0) is 23.8 Å². The Balaban J connectivity index is 1.53. The van der Waals surface area contributed by atoms with E-state index in [0.717, 1.165) is 35.3 Å². The first-order valence-electron chi connectivity index (χ1n) is 8.31. The van der Waals surface area contributed by atoms with Crippen LogP contribution in [0.3, 0.4) is 0 Å². The van der Waals surface area contributed by atoms with Crippen molar-refractivity contribution in [2.24, 2.45) is 10.7 Å². The minimum atomic E-state index is 0.0802. The molecule has 7 heteroatoms. The van der Waals surface area contributed by atoms with Gasteiger partial charge in [-0.3, -0.25) is 0 Å². The molecule has 4 rings (SSSR count). The van der Waals surface area contributed by atoms with Gasteiger partial charge in [-0.25, -0.2) is 0 Å². The molecule has 1 atom stereocenters. The molecule has 1 aromatic carbocycles. The molecule has 130 valence electrons. The number of fused-ring (bicyclic) bond motifs is 1. The van der Waals surface area contributed by atoms with Crippen molar-refractivity contribution in [3.05, 3.63) is 47.9 Å². The Morgan fingerprint density at radius 3 is 2.92 bits per heavy atom. The number of ether oxygens (including phenoxy) is 1. The van der Waals surface area contributed by atoms with Gasteiger partial charge >= 0.3 is 0 Å². The Hall–Kier alpha value is -2.80. The second-order valence-corrected chi connectivity index (χ2v) is 6.10. The first-order valence-corrected chi connectivity index (χ1v) is 8.31. The van der Waals surface area contributed by atoms with Crippen LogP contribution in [-0.4, -0.2) is 42.3 Å². The first-order chi connectivity index (χ1) is 12.2. The molecule has 1 fully saturated rings. The molecule has 0 amide bonds. The summed E-state index contributed by atoms with van der Waals surface area (Å²) in [7, 11) is 0. The molecule has 0 bridgehead atoms. The van der Waals surface area contributed by atoms with E-state index in [1.807, 2.05) is 29.2 Å². The summed E-state index contributed by atoms with van der Waals surface area (Å²) in [5.41, 5.74) is 8.88. The molecule has 7 nitrogen and oxygen atoms in total. The van der Waals surface area contributed by atoms with Crippen LogP contribution in [0.4, 0.5) is 5.88 Å². The second kappa shape index (κ2) is 6.60. The predicted octanol–water partition coefficient (Wildman–Crippen LogP) is 2.85. The molecule has 3 heterocycles. The molecule has 1 saturated heterocycles. The number of rotatable bonds is 3. The predicted molar refractivity (Wildman–Crippen MR) is 93.9 cm³/mol. The number of nitrogens with two attached hydrogens (primary N) is 1. The number of guanidine groups is 1. The van der Waals surface area contributed by atoms with Crippen molar-refractivity contribution in [2.45, 2.75) is 12.8 Å². The van der Waals surface area contributed by atoms with Crippen LogP contribution in [0.2, 0.25) is 0 Å². The van der Waals surface area contributed by atoms with Crippen molar-refractivity contribution in [1.29, 1.82) is 0 Å². The van der Waals surface area contributed by atoms with Crippen LogP contribution in [0, 0.1) is 0 Å². The van der Waals surface area contributed by atoms with Gasteiger partial charge in [0.25, 0.3) is 5.88 Å². The van der Waals surface area contributed by atoms with Gasteiger partial charge in [0, 0.05) is 30.5 Å². The summed E-state index contributed by atoms with van der Waals surface area (Å²) in [6.45, 7) is 4.86. The second-order valence-electron chi connectivity index (χ2n) is 6.10. The summed E-state index contributed by atoms with van der Waals surface area (Å²) < 4.78 is 16.0. The fraction of sp³-hybridized carbons (Fsp3) is 0.333. The van der Waals surface area contributed by atoms with E-state index < -0.39 is 0 Å². The number of furan rings is 1. The number of aromatic nitrogens is 1. The zero-order valence-electron chi connectivity index (χ0n) is 14.0. The van der Waals surface area contributed by atoms with Crippen molar-refractivity contribution >= 4 is 22.8 Å². The maximum absolute atomic E-state index is 6.05. The van der Waals surface area contributed by atoms with Gasteiger partial charge in [-0.2, -0.15) is 4.99 Å². The lowest BCUT2D eigenvalue weighted by atomic mass is 9.97. The highest BCUT2D eigenvalue weighted by Crippen LogP contribution is 2.29. The zero-order chi connectivity index (χ0) is 17.2. The zero-order valence-corrected chi connectivity index (χ0v) is 14.0. The third-order valence-corrected chi connectivity index (χ3v) is 4.50. The molecule has 0 radical (unpaired) electrons. The molecule has 2 aromatic heterocycles. The molecule has 25 heavy (non-hydrogen) atoms. The number of morpholine rings is 1. The van der Waals surface area contributed by atoms with Gasteiger partial charge in [0.1, 0.15) is 5.58 Å². The molecular formula is C18H20N4O3. The number of aliphatic imine (C=N–C) groups is 1. The van der Waals surface area contributed by atoms with Crippen molar-refractivity contribution in [3.63, 3.8) is 0 Å². The first kappa shape index (κ1) is 15.7. The van der Waals surface area contributed by atoms with Gasteiger partial charge in [-0.15, -0.1) is 0 Å². The third kappa shape index (κ3) is 3.23. The number of benzene rings is 1. The highest BCUT2D eigenvalue weighted by atomic mass is 16.5. The van der Waals surface area contributed by atoms with Gasteiger partial charge in [0.15, 0.2) is 5.96 Å². The Kier molecular flexibility index (Phi) is 4.15. The fourth-order valence-electron chi connectivity index (χ4n) is 2.94. The van der Waals surface area contributed by atoms with E-state index in [9.17, 15) is 0 Å². The quantitative estimate of drug-likeness (QED) is 0.582. The highest BCUT2D eigenvalue weighted by Gasteiger charge is 2.17. The van der Waals surface area contributed by atoms with Crippen molar-refractivity contribution < 1.29 is 13.7 Å². The largest absolute Gasteiger partial charge is 0.464 e. The number of hydrogen-bond acceptors (Lipinski definition) is 5. The van der Waals surface area contributed by atoms with Crippen LogP contribution in [0.25, 0.3) is 11.0 Å². The standard InChI is InChI=1S/C18H20N4O3/c1-12(13-2-3-16-14(10-13)4-7-24-16)15-11-17(25-21-15)20-18(19)22-5-8-23-9-6-22/h2-4,7,10-12H,5-6,8-9H2,1H3,(H2,19,20). The Bertz CT molecular complexity index is 893. The average Bonchev–Trinajstić information content (AvgIpc) is 3.30. The summed E-state index contributed by atoms with van der Waals surface area (Å²) in [6, 6.07) is 9.89. The summed E-state index contributed by atoms with van der Waals surface area (Å²) in [6.07, 6.45) is 1.69. The molecular weight excluding hydrogens is 320 g/mol. The van der Waals surface area contributed by atoms with Gasteiger partial charge in [-0.1, -0.05) is 18.1 Å². The van der Waals surface area contributed by atoms with E-state index >= 15 is 0 Å². The average molecular weight is 340 g/mol. The van der Waals surface area contributed by atoms with E-state index in [1.165, 1.54) is 0 Å². The normalized spacial score (nSPS) is 17.2. The molecule has 3 aromatic rings. The van der Waals surface area contributed by atoms with E-state index in [-0.39, 0.29) is 5.92 Å². The Morgan fingerprint density at radius 2 is 2.08 bits per heavy atom. The lowest BCUT2D eigenvalue weighted by Crippen LogP contribution is -2.44. The van der Waals surface area contributed by atoms with Gasteiger partial charge < -0.3 is 24.3 Å². The SMILES string of the molecule is CC(c1ccc2occc2c1)c1cc(/N=C(/N)N2CCOCC2)on1. The van der Waals surface area contributed by atoms with E-state index in [4.69, 9.17) is 19.4 Å². The molecule has 1 aliphatic rings. The van der Waals surface area contributed by atoms with Crippen LogP contribution in [0.5, 0.6) is 0 Å². The van der Waals surface area contributed by atoms with Gasteiger partial charge in [0.05, 0.1) is 25.2 Å². The Morgan fingerprint density at radius 1 is 1.24 bits per heavy atom. The number of nitrogens with zero attached hydrogens (tertiary/aromatic N) is 3. The Labute approximate surface area is 145 Å². The third-order valence-electron chi connectivity index (χ3n) is 4.50. The summed E-state index contributed by atoms with van der Waals surface area (Å²) in [4.78, 5) is 6.32. The van der Waals surface area contributed by atoms with Crippen LogP contribution in [-0.2, 0) is 4.74 Å². The van der Waals surface area contributed by atoms with Crippen LogP contribution in [0.15, 0.2) is 50.5 Å². The molecule has 0 saturated carbocycles. The highest BCUT2D eigenvalue weighted by molar-refractivity contribution is 5.80. The van der Waals surface area contributed by atoms with Crippen LogP contribution < -0.4 is 5.73 Å². The van der Waals surface area contributed by atoms with Crippen molar-refractivity contribution in [3.8, 4) is 0 Å². The van der Waals surface area contributed by atoms with Crippen molar-refractivity contribution in [2.75, 3.05) is 26.3 Å². The molecule has 1 aliphatic heterocycles. The van der Waals surface area contributed by atoms with Crippen LogP contribution >= 0.6 is 0 Å². The summed E-state index contributed by atoms with van der Waals surface area (Å²) >= 11 is 0. The molecule has 0 aliphatic carbocycles.